The van der Waals surface area contributed by atoms with E-state index in [1.165, 1.54) is 6.07 Å². The molecule has 32 heavy (non-hydrogen) atoms. The highest BCUT2D eigenvalue weighted by atomic mass is 79.9. The molecule has 0 saturated carbocycles. The third kappa shape index (κ3) is 4.09. The topological polar surface area (TPSA) is 79.3 Å². The summed E-state index contributed by atoms with van der Waals surface area (Å²) < 4.78 is 29.4. The number of nitrogens with one attached hydrogen (secondary N) is 1. The fraction of sp³-hybridized carbons (Fsp3) is 0.0417. The molecule has 4 rings (SSSR count). The van der Waals surface area contributed by atoms with Gasteiger partial charge in [-0.1, -0.05) is 46.3 Å². The molecule has 2 N–H and O–H groups in total. The van der Waals surface area contributed by atoms with Crippen molar-refractivity contribution in [2.24, 2.45) is 0 Å². The smallest absolute Gasteiger partial charge is 0.335 e. The molecule has 160 valence electrons. The number of aromatic carboxylic acids is 1. The Kier molecular flexibility index (Phi) is 5.96. The Bertz CT molecular complexity index is 1360. The molecule has 0 saturated heterocycles. The maximum atomic E-state index is 14.4. The zero-order chi connectivity index (χ0) is 22.8. The molecule has 1 aromatic heterocycles. The van der Waals surface area contributed by atoms with Crippen molar-refractivity contribution in [3.05, 3.63) is 93.7 Å². The maximum absolute atomic E-state index is 14.4. The van der Waals surface area contributed by atoms with Crippen LogP contribution in [0.4, 0.5) is 14.5 Å². The fourth-order valence-corrected chi connectivity index (χ4v) is 3.79. The molecular formula is C24H15BrF2N2O3. The standard InChI is InChI=1S/C24H15BrF2N2O3/c25-15-7-9-19-16(11-15)21(17(12-26)22(28-19)13-4-2-1-3-5-13)23(30)29-20-8-6-14(24(31)32)10-18(20)27/h1-11H,12H2,(H,29,30)(H,31,32). The minimum Gasteiger partial charge on any atom is -0.478 e. The molecule has 4 aromatic rings. The largest absolute Gasteiger partial charge is 0.478 e. The van der Waals surface area contributed by atoms with Gasteiger partial charge in [0.15, 0.2) is 0 Å². The minimum absolute atomic E-state index is 0.0272. The van der Waals surface area contributed by atoms with Crippen LogP contribution in [0.5, 0.6) is 0 Å². The summed E-state index contributed by atoms with van der Waals surface area (Å²) in [6.45, 7) is -0.969. The number of pyridine rings is 1. The van der Waals surface area contributed by atoms with Crippen molar-refractivity contribution in [2.45, 2.75) is 6.67 Å². The van der Waals surface area contributed by atoms with E-state index >= 15 is 0 Å². The second kappa shape index (κ2) is 8.84. The maximum Gasteiger partial charge on any atom is 0.335 e. The van der Waals surface area contributed by atoms with Crippen LogP contribution < -0.4 is 5.32 Å². The van der Waals surface area contributed by atoms with Gasteiger partial charge in [-0.3, -0.25) is 4.79 Å². The predicted octanol–water partition coefficient (Wildman–Crippen LogP) is 6.22. The molecule has 0 atom stereocenters. The van der Waals surface area contributed by atoms with Crippen LogP contribution in [-0.2, 0) is 6.67 Å². The second-order valence-electron chi connectivity index (χ2n) is 6.93. The molecule has 0 fully saturated rings. The highest BCUT2D eigenvalue weighted by Crippen LogP contribution is 2.33. The lowest BCUT2D eigenvalue weighted by atomic mass is 9.96. The summed E-state index contributed by atoms with van der Waals surface area (Å²) in [5.74, 6) is -2.94. The number of halogens is 3. The molecule has 3 aromatic carbocycles. The zero-order valence-corrected chi connectivity index (χ0v) is 18.0. The normalized spacial score (nSPS) is 10.8. The Hall–Kier alpha value is -3.65. The number of fused-ring (bicyclic) bond motifs is 1. The third-order valence-electron chi connectivity index (χ3n) is 4.92. The van der Waals surface area contributed by atoms with Crippen LogP contribution in [0.1, 0.15) is 26.3 Å². The summed E-state index contributed by atoms with van der Waals surface area (Å²) in [7, 11) is 0. The highest BCUT2D eigenvalue weighted by Gasteiger charge is 2.23. The first-order chi connectivity index (χ1) is 15.4. The van der Waals surface area contributed by atoms with Crippen LogP contribution in [0, 0.1) is 5.82 Å². The summed E-state index contributed by atoms with van der Waals surface area (Å²) in [6, 6.07) is 17.1. The van der Waals surface area contributed by atoms with Gasteiger partial charge in [-0.2, -0.15) is 0 Å². The molecule has 0 unspecified atom stereocenters. The first-order valence-electron chi connectivity index (χ1n) is 9.46. The van der Waals surface area contributed by atoms with Crippen LogP contribution in [0.2, 0.25) is 0 Å². The SMILES string of the molecule is O=C(O)c1ccc(NC(=O)c2c(CF)c(-c3ccccc3)nc3ccc(Br)cc23)c(F)c1. The van der Waals surface area contributed by atoms with Gasteiger partial charge in [0.2, 0.25) is 0 Å². The number of aromatic nitrogens is 1. The van der Waals surface area contributed by atoms with E-state index in [1.807, 2.05) is 6.07 Å². The predicted molar refractivity (Wildman–Crippen MR) is 121 cm³/mol. The molecule has 0 aliphatic rings. The van der Waals surface area contributed by atoms with Gasteiger partial charge >= 0.3 is 5.97 Å². The first kappa shape index (κ1) is 21.6. The van der Waals surface area contributed by atoms with Gasteiger partial charge in [0.1, 0.15) is 12.5 Å². The van der Waals surface area contributed by atoms with Crippen molar-refractivity contribution in [3.63, 3.8) is 0 Å². The molecule has 0 bridgehead atoms. The Labute approximate surface area is 189 Å². The van der Waals surface area contributed by atoms with Crippen LogP contribution in [0.25, 0.3) is 22.2 Å². The lowest BCUT2D eigenvalue weighted by Gasteiger charge is -2.16. The average molecular weight is 497 g/mol. The lowest BCUT2D eigenvalue weighted by molar-refractivity contribution is 0.0696. The quantitative estimate of drug-likeness (QED) is 0.343. The van der Waals surface area contributed by atoms with Gasteiger partial charge in [0, 0.05) is 21.0 Å². The van der Waals surface area contributed by atoms with Crippen LogP contribution >= 0.6 is 15.9 Å². The molecule has 0 aliphatic carbocycles. The van der Waals surface area contributed by atoms with E-state index in [2.05, 4.69) is 26.2 Å². The molecular weight excluding hydrogens is 482 g/mol. The van der Waals surface area contributed by atoms with Gasteiger partial charge in [-0.25, -0.2) is 18.6 Å². The van der Waals surface area contributed by atoms with Crippen LogP contribution in [-0.4, -0.2) is 22.0 Å². The number of carbonyl (C=O) groups is 2. The molecule has 1 heterocycles. The number of carboxylic acids is 1. The second-order valence-corrected chi connectivity index (χ2v) is 7.84. The van der Waals surface area contributed by atoms with Crippen LogP contribution in [0.15, 0.2) is 71.2 Å². The van der Waals surface area contributed by atoms with Gasteiger partial charge in [0.25, 0.3) is 5.91 Å². The fourth-order valence-electron chi connectivity index (χ4n) is 3.43. The highest BCUT2D eigenvalue weighted by molar-refractivity contribution is 9.10. The van der Waals surface area contributed by atoms with E-state index in [1.54, 1.807) is 42.5 Å². The van der Waals surface area contributed by atoms with E-state index in [0.29, 0.717) is 26.6 Å². The Balaban J connectivity index is 1.89. The molecule has 8 heteroatoms. The van der Waals surface area contributed by atoms with Gasteiger partial charge in [-0.05, 0) is 36.4 Å². The number of nitrogens with zero attached hydrogens (tertiary/aromatic N) is 1. The zero-order valence-electron chi connectivity index (χ0n) is 16.4. The van der Waals surface area contributed by atoms with Crippen molar-refractivity contribution in [3.8, 4) is 11.3 Å². The van der Waals surface area contributed by atoms with E-state index in [4.69, 9.17) is 5.11 Å². The number of carbonyl (C=O) groups excluding carboxylic acids is 1. The Morgan fingerprint density at radius 3 is 2.44 bits per heavy atom. The average Bonchev–Trinajstić information content (AvgIpc) is 2.79. The first-order valence-corrected chi connectivity index (χ1v) is 10.3. The molecule has 0 spiro atoms. The van der Waals surface area contributed by atoms with Gasteiger partial charge < -0.3 is 10.4 Å². The summed E-state index contributed by atoms with van der Waals surface area (Å²) >= 11 is 3.36. The number of benzene rings is 3. The number of rotatable bonds is 5. The lowest BCUT2D eigenvalue weighted by Crippen LogP contribution is -2.17. The van der Waals surface area contributed by atoms with Crippen molar-refractivity contribution in [1.82, 2.24) is 4.98 Å². The van der Waals surface area contributed by atoms with Gasteiger partial charge in [-0.15, -0.1) is 0 Å². The van der Waals surface area contributed by atoms with Crippen LogP contribution in [0.3, 0.4) is 0 Å². The van der Waals surface area contributed by atoms with Crippen molar-refractivity contribution < 1.29 is 23.5 Å². The molecule has 5 nitrogen and oxygen atoms in total. The number of hydrogen-bond acceptors (Lipinski definition) is 3. The Morgan fingerprint density at radius 1 is 1.03 bits per heavy atom. The van der Waals surface area contributed by atoms with E-state index in [-0.39, 0.29) is 22.4 Å². The number of anilines is 1. The molecule has 0 radical (unpaired) electrons. The van der Waals surface area contributed by atoms with E-state index in [0.717, 1.165) is 12.1 Å². The summed E-state index contributed by atoms with van der Waals surface area (Å²) in [5, 5.41) is 11.8. The molecule has 1 amide bonds. The summed E-state index contributed by atoms with van der Waals surface area (Å²) in [5.41, 5.74) is 1.05. The number of hydrogen-bond donors (Lipinski definition) is 2. The van der Waals surface area contributed by atoms with E-state index < -0.39 is 24.4 Å². The van der Waals surface area contributed by atoms with Crippen molar-refractivity contribution in [1.29, 1.82) is 0 Å². The molecule has 0 aliphatic heterocycles. The van der Waals surface area contributed by atoms with Crippen molar-refractivity contribution in [2.75, 3.05) is 5.32 Å². The minimum atomic E-state index is -1.29. The third-order valence-corrected chi connectivity index (χ3v) is 5.41. The number of amides is 1. The number of carboxylic acid groups (broad SMARTS) is 1. The Morgan fingerprint density at radius 2 is 1.78 bits per heavy atom. The van der Waals surface area contributed by atoms with Crippen molar-refractivity contribution >= 4 is 44.4 Å². The monoisotopic (exact) mass is 496 g/mol. The van der Waals surface area contributed by atoms with Gasteiger partial charge in [0.05, 0.1) is 28.0 Å². The number of alkyl halides is 1. The van der Waals surface area contributed by atoms with E-state index in [9.17, 15) is 18.4 Å². The summed E-state index contributed by atoms with van der Waals surface area (Å²) in [6.07, 6.45) is 0. The summed E-state index contributed by atoms with van der Waals surface area (Å²) in [4.78, 5) is 28.9.